The molecule has 0 radical (unpaired) electrons. The van der Waals surface area contributed by atoms with Crippen molar-refractivity contribution < 1.29 is 0 Å². The largest absolute Gasteiger partial charge is 0.310 e. The molecule has 0 aromatic heterocycles. The first-order valence-corrected chi connectivity index (χ1v) is 8.98. The Morgan fingerprint density at radius 2 is 1.90 bits per heavy atom. The summed E-state index contributed by atoms with van der Waals surface area (Å²) in [4.78, 5) is 2.60. The standard InChI is InChI=1S/C17H26N2S/c1-14-11-17(13-20-14)18-16-7-9-19(10-8-16)12-15-5-3-2-4-6-15/h2-6,14,16-18H,7-13H2,1H3. The van der Waals surface area contributed by atoms with Gasteiger partial charge in [0.15, 0.2) is 0 Å². The molecule has 2 unspecified atom stereocenters. The quantitative estimate of drug-likeness (QED) is 0.917. The van der Waals surface area contributed by atoms with Gasteiger partial charge in [-0.1, -0.05) is 37.3 Å². The van der Waals surface area contributed by atoms with E-state index in [4.69, 9.17) is 0 Å². The molecule has 2 fully saturated rings. The fourth-order valence-corrected chi connectivity index (χ4v) is 4.53. The summed E-state index contributed by atoms with van der Waals surface area (Å²) in [5.41, 5.74) is 1.44. The first-order valence-electron chi connectivity index (χ1n) is 7.93. The van der Waals surface area contributed by atoms with E-state index in [1.54, 1.807) is 0 Å². The normalized spacial score (nSPS) is 28.9. The Labute approximate surface area is 127 Å². The lowest BCUT2D eigenvalue weighted by atomic mass is 10.0. The van der Waals surface area contributed by atoms with E-state index in [0.29, 0.717) is 0 Å². The summed E-state index contributed by atoms with van der Waals surface area (Å²) in [6.45, 7) is 5.95. The van der Waals surface area contributed by atoms with E-state index in [2.05, 4.69) is 59.2 Å². The van der Waals surface area contributed by atoms with Crippen LogP contribution in [-0.4, -0.2) is 41.1 Å². The second-order valence-corrected chi connectivity index (χ2v) is 7.75. The zero-order valence-electron chi connectivity index (χ0n) is 12.4. The minimum atomic E-state index is 0.748. The van der Waals surface area contributed by atoms with Crippen molar-refractivity contribution in [3.05, 3.63) is 35.9 Å². The number of hydrogen-bond donors (Lipinski definition) is 1. The molecule has 2 atom stereocenters. The highest BCUT2D eigenvalue weighted by molar-refractivity contribution is 8.00. The lowest BCUT2D eigenvalue weighted by Gasteiger charge is -2.33. The van der Waals surface area contributed by atoms with Gasteiger partial charge in [-0.15, -0.1) is 0 Å². The lowest BCUT2D eigenvalue weighted by molar-refractivity contribution is 0.185. The third-order valence-electron chi connectivity index (χ3n) is 4.51. The van der Waals surface area contributed by atoms with Gasteiger partial charge >= 0.3 is 0 Å². The number of nitrogens with one attached hydrogen (secondary N) is 1. The average Bonchev–Trinajstić information content (AvgIpc) is 2.88. The Kier molecular flexibility index (Phi) is 5.03. The van der Waals surface area contributed by atoms with Gasteiger partial charge in [-0.2, -0.15) is 11.8 Å². The minimum absolute atomic E-state index is 0.748. The smallest absolute Gasteiger partial charge is 0.0233 e. The fraction of sp³-hybridized carbons (Fsp3) is 0.647. The summed E-state index contributed by atoms with van der Waals surface area (Å²) in [7, 11) is 0. The van der Waals surface area contributed by atoms with Gasteiger partial charge in [0.25, 0.3) is 0 Å². The molecular formula is C17H26N2S. The zero-order valence-corrected chi connectivity index (χ0v) is 13.2. The van der Waals surface area contributed by atoms with Crippen LogP contribution in [0.3, 0.4) is 0 Å². The van der Waals surface area contributed by atoms with E-state index >= 15 is 0 Å². The number of nitrogens with zero attached hydrogens (tertiary/aromatic N) is 1. The molecule has 0 amide bonds. The maximum Gasteiger partial charge on any atom is 0.0233 e. The molecule has 3 rings (SSSR count). The van der Waals surface area contributed by atoms with E-state index < -0.39 is 0 Å². The topological polar surface area (TPSA) is 15.3 Å². The molecule has 20 heavy (non-hydrogen) atoms. The van der Waals surface area contributed by atoms with Crippen molar-refractivity contribution in [2.24, 2.45) is 0 Å². The number of likely N-dealkylation sites (tertiary alicyclic amines) is 1. The maximum atomic E-state index is 3.89. The molecule has 2 nitrogen and oxygen atoms in total. The van der Waals surface area contributed by atoms with Crippen molar-refractivity contribution in [2.45, 2.75) is 50.1 Å². The Hall–Kier alpha value is -0.510. The molecule has 0 spiro atoms. The van der Waals surface area contributed by atoms with Crippen molar-refractivity contribution in [3.63, 3.8) is 0 Å². The number of piperidine rings is 1. The van der Waals surface area contributed by atoms with Gasteiger partial charge in [0.2, 0.25) is 0 Å². The van der Waals surface area contributed by atoms with Crippen LogP contribution >= 0.6 is 11.8 Å². The molecule has 2 heterocycles. The SMILES string of the molecule is CC1CC(NC2CCN(Cc3ccccc3)CC2)CS1. The molecule has 1 N–H and O–H groups in total. The van der Waals surface area contributed by atoms with Gasteiger partial charge in [-0.3, -0.25) is 4.90 Å². The molecule has 3 heteroatoms. The van der Waals surface area contributed by atoms with Gasteiger partial charge in [-0.25, -0.2) is 0 Å². The van der Waals surface area contributed by atoms with Gasteiger partial charge in [-0.05, 0) is 37.9 Å². The summed E-state index contributed by atoms with van der Waals surface area (Å²) < 4.78 is 0. The van der Waals surface area contributed by atoms with Crippen LogP contribution in [-0.2, 0) is 6.54 Å². The summed E-state index contributed by atoms with van der Waals surface area (Å²) in [6, 6.07) is 12.4. The average molecular weight is 290 g/mol. The van der Waals surface area contributed by atoms with Crippen molar-refractivity contribution in [1.29, 1.82) is 0 Å². The van der Waals surface area contributed by atoms with Crippen LogP contribution in [0, 0.1) is 0 Å². The second kappa shape index (κ2) is 6.97. The van der Waals surface area contributed by atoms with Crippen LogP contribution < -0.4 is 5.32 Å². The van der Waals surface area contributed by atoms with E-state index in [1.807, 2.05) is 0 Å². The Morgan fingerprint density at radius 1 is 1.15 bits per heavy atom. The summed E-state index contributed by atoms with van der Waals surface area (Å²) in [6.07, 6.45) is 3.97. The van der Waals surface area contributed by atoms with Crippen LogP contribution in [0.25, 0.3) is 0 Å². The summed E-state index contributed by atoms with van der Waals surface area (Å²) in [5.74, 6) is 1.31. The third-order valence-corrected chi connectivity index (χ3v) is 5.86. The van der Waals surface area contributed by atoms with Gasteiger partial charge < -0.3 is 5.32 Å². The Balaban J connectivity index is 1.41. The predicted octanol–water partition coefficient (Wildman–Crippen LogP) is 3.13. The monoisotopic (exact) mass is 290 g/mol. The Morgan fingerprint density at radius 3 is 2.55 bits per heavy atom. The Bertz CT molecular complexity index is 401. The summed E-state index contributed by atoms with van der Waals surface area (Å²) >= 11 is 2.12. The first-order chi connectivity index (χ1) is 9.79. The lowest BCUT2D eigenvalue weighted by Crippen LogP contribution is -2.46. The number of benzene rings is 1. The maximum absolute atomic E-state index is 3.89. The van der Waals surface area contributed by atoms with Crippen LogP contribution in [0.5, 0.6) is 0 Å². The van der Waals surface area contributed by atoms with E-state index in [0.717, 1.165) is 23.9 Å². The highest BCUT2D eigenvalue weighted by atomic mass is 32.2. The van der Waals surface area contributed by atoms with Crippen molar-refractivity contribution in [2.75, 3.05) is 18.8 Å². The fourth-order valence-electron chi connectivity index (χ4n) is 3.37. The van der Waals surface area contributed by atoms with E-state index in [9.17, 15) is 0 Å². The molecular weight excluding hydrogens is 264 g/mol. The van der Waals surface area contributed by atoms with Gasteiger partial charge in [0, 0.05) is 29.6 Å². The molecule has 0 aliphatic carbocycles. The van der Waals surface area contributed by atoms with Gasteiger partial charge in [0.1, 0.15) is 0 Å². The van der Waals surface area contributed by atoms with Gasteiger partial charge in [0.05, 0.1) is 0 Å². The van der Waals surface area contributed by atoms with Crippen LogP contribution in [0.2, 0.25) is 0 Å². The number of hydrogen-bond acceptors (Lipinski definition) is 3. The molecule has 0 saturated carbocycles. The molecule has 2 aliphatic heterocycles. The zero-order chi connectivity index (χ0) is 13.8. The molecule has 0 bridgehead atoms. The second-order valence-electron chi connectivity index (χ2n) is 6.28. The summed E-state index contributed by atoms with van der Waals surface area (Å²) in [5, 5.41) is 4.74. The van der Waals surface area contributed by atoms with Crippen LogP contribution in [0.4, 0.5) is 0 Å². The van der Waals surface area contributed by atoms with Crippen LogP contribution in [0.1, 0.15) is 31.7 Å². The number of thioether (sulfide) groups is 1. The van der Waals surface area contributed by atoms with Crippen molar-refractivity contribution in [3.8, 4) is 0 Å². The highest BCUT2D eigenvalue weighted by Gasteiger charge is 2.26. The molecule has 1 aromatic rings. The molecule has 110 valence electrons. The molecule has 2 aliphatic rings. The third kappa shape index (κ3) is 4.00. The molecule has 2 saturated heterocycles. The van der Waals surface area contributed by atoms with Crippen LogP contribution in [0.15, 0.2) is 30.3 Å². The van der Waals surface area contributed by atoms with Crippen molar-refractivity contribution >= 4 is 11.8 Å². The van der Waals surface area contributed by atoms with Crippen molar-refractivity contribution in [1.82, 2.24) is 10.2 Å². The molecule has 1 aromatic carbocycles. The highest BCUT2D eigenvalue weighted by Crippen LogP contribution is 2.27. The first kappa shape index (κ1) is 14.4. The minimum Gasteiger partial charge on any atom is -0.310 e. The predicted molar refractivity (Wildman–Crippen MR) is 88.2 cm³/mol. The van der Waals surface area contributed by atoms with E-state index in [-0.39, 0.29) is 0 Å². The number of rotatable bonds is 4. The van der Waals surface area contributed by atoms with E-state index in [1.165, 1.54) is 43.7 Å².